The van der Waals surface area contributed by atoms with Gasteiger partial charge in [0.15, 0.2) is 8.32 Å². The van der Waals surface area contributed by atoms with Crippen LogP contribution in [0.5, 0.6) is 0 Å². The highest BCUT2D eigenvalue weighted by atomic mass is 28.4. The predicted octanol–water partition coefficient (Wildman–Crippen LogP) is 3.51. The van der Waals surface area contributed by atoms with Crippen molar-refractivity contribution in [2.75, 3.05) is 6.61 Å². The highest BCUT2D eigenvalue weighted by molar-refractivity contribution is 6.74. The molecule has 0 aromatic carbocycles. The van der Waals surface area contributed by atoms with E-state index in [1.807, 2.05) is 6.92 Å². The molecular formula is C12H26O3Si. The van der Waals surface area contributed by atoms with Crippen LogP contribution in [-0.4, -0.2) is 26.0 Å². The van der Waals surface area contributed by atoms with Crippen molar-refractivity contribution < 1.29 is 14.3 Å². The monoisotopic (exact) mass is 246 g/mol. The number of hydrogen-bond acceptors (Lipinski definition) is 2. The van der Waals surface area contributed by atoms with Gasteiger partial charge in [0.2, 0.25) is 0 Å². The Morgan fingerprint density at radius 3 is 2.19 bits per heavy atom. The maximum atomic E-state index is 11.0. The maximum absolute atomic E-state index is 11.0. The molecule has 0 radical (unpaired) electrons. The first-order chi connectivity index (χ1) is 7.12. The molecule has 0 saturated carbocycles. The maximum Gasteiger partial charge on any atom is 0.308 e. The topological polar surface area (TPSA) is 46.5 Å². The van der Waals surface area contributed by atoms with E-state index >= 15 is 0 Å². The average molecular weight is 246 g/mol. The van der Waals surface area contributed by atoms with Crippen LogP contribution in [0.15, 0.2) is 0 Å². The third-order valence-electron chi connectivity index (χ3n) is 3.44. The van der Waals surface area contributed by atoms with Gasteiger partial charge in [0.05, 0.1) is 5.92 Å². The number of hydrogen-bond donors (Lipinski definition) is 1. The Morgan fingerprint density at radius 1 is 1.38 bits per heavy atom. The molecule has 3 nitrogen and oxygen atoms in total. The van der Waals surface area contributed by atoms with Crippen LogP contribution >= 0.6 is 0 Å². The first-order valence-electron chi connectivity index (χ1n) is 5.98. The zero-order valence-electron chi connectivity index (χ0n) is 11.5. The molecule has 96 valence electrons. The van der Waals surface area contributed by atoms with E-state index in [-0.39, 0.29) is 11.0 Å². The van der Waals surface area contributed by atoms with Crippen LogP contribution < -0.4 is 0 Å². The zero-order valence-corrected chi connectivity index (χ0v) is 12.5. The van der Waals surface area contributed by atoms with Crippen molar-refractivity contribution >= 4 is 14.3 Å². The van der Waals surface area contributed by atoms with Gasteiger partial charge in [-0.25, -0.2) is 0 Å². The summed E-state index contributed by atoms with van der Waals surface area (Å²) in [7, 11) is -1.81. The van der Waals surface area contributed by atoms with Gasteiger partial charge >= 0.3 is 5.97 Å². The Labute approximate surface area is 100 Å². The molecule has 0 aliphatic heterocycles. The Kier molecular flexibility index (Phi) is 5.69. The minimum atomic E-state index is -1.81. The molecule has 0 aliphatic rings. The van der Waals surface area contributed by atoms with Gasteiger partial charge in [-0.3, -0.25) is 4.79 Å². The van der Waals surface area contributed by atoms with E-state index in [9.17, 15) is 4.79 Å². The van der Waals surface area contributed by atoms with E-state index in [2.05, 4.69) is 33.9 Å². The van der Waals surface area contributed by atoms with Crippen molar-refractivity contribution in [3.05, 3.63) is 0 Å². The van der Waals surface area contributed by atoms with E-state index in [0.717, 1.165) is 6.42 Å². The summed E-state index contributed by atoms with van der Waals surface area (Å²) >= 11 is 0. The van der Waals surface area contributed by atoms with Gasteiger partial charge in [-0.05, 0) is 24.6 Å². The van der Waals surface area contributed by atoms with Gasteiger partial charge in [0.1, 0.15) is 0 Å². The van der Waals surface area contributed by atoms with Crippen LogP contribution in [-0.2, 0) is 9.22 Å². The second-order valence-electron chi connectivity index (χ2n) is 5.90. The standard InChI is InChI=1S/C12H26O3Si/c1-7-8-10(11(13)14)9-15-16(5,6)12(2,3)4/h10H,7-9H2,1-6H3,(H,13,14). The van der Waals surface area contributed by atoms with Crippen molar-refractivity contribution in [3.8, 4) is 0 Å². The van der Waals surface area contributed by atoms with Crippen molar-refractivity contribution in [1.29, 1.82) is 0 Å². The molecule has 0 rings (SSSR count). The molecule has 1 N–H and O–H groups in total. The molecule has 0 heterocycles. The summed E-state index contributed by atoms with van der Waals surface area (Å²) in [4.78, 5) is 11.0. The Hall–Kier alpha value is -0.353. The molecule has 0 saturated heterocycles. The number of carbonyl (C=O) groups is 1. The first kappa shape index (κ1) is 15.6. The van der Waals surface area contributed by atoms with Gasteiger partial charge in [0, 0.05) is 6.61 Å². The van der Waals surface area contributed by atoms with Gasteiger partial charge in [0.25, 0.3) is 0 Å². The van der Waals surface area contributed by atoms with Crippen molar-refractivity contribution in [1.82, 2.24) is 0 Å². The van der Waals surface area contributed by atoms with Crippen LogP contribution in [0.25, 0.3) is 0 Å². The molecule has 0 aromatic heterocycles. The van der Waals surface area contributed by atoms with Crippen molar-refractivity contribution in [3.63, 3.8) is 0 Å². The van der Waals surface area contributed by atoms with Gasteiger partial charge in [-0.2, -0.15) is 0 Å². The van der Waals surface area contributed by atoms with Crippen molar-refractivity contribution in [2.24, 2.45) is 5.92 Å². The molecule has 1 atom stereocenters. The number of rotatable bonds is 6. The molecule has 1 unspecified atom stereocenters. The minimum absolute atomic E-state index is 0.141. The van der Waals surface area contributed by atoms with Gasteiger partial charge in [-0.1, -0.05) is 34.1 Å². The Balaban J connectivity index is 4.36. The molecule has 0 bridgehead atoms. The SMILES string of the molecule is CCCC(CO[Si](C)(C)C(C)(C)C)C(=O)O. The highest BCUT2D eigenvalue weighted by Crippen LogP contribution is 2.36. The number of carboxylic acids is 1. The Morgan fingerprint density at radius 2 is 1.88 bits per heavy atom. The summed E-state index contributed by atoms with van der Waals surface area (Å²) in [5.41, 5.74) is 0. The molecule has 0 aliphatic carbocycles. The number of carboxylic acid groups (broad SMARTS) is 1. The summed E-state index contributed by atoms with van der Waals surface area (Å²) in [5, 5.41) is 9.18. The lowest BCUT2D eigenvalue weighted by Gasteiger charge is -2.36. The summed E-state index contributed by atoms with van der Waals surface area (Å²) in [6.45, 7) is 13.1. The molecule has 0 spiro atoms. The Bertz CT molecular complexity index is 231. The smallest absolute Gasteiger partial charge is 0.308 e. The predicted molar refractivity (Wildman–Crippen MR) is 69.2 cm³/mol. The quantitative estimate of drug-likeness (QED) is 0.730. The molecule has 4 heteroatoms. The fourth-order valence-electron chi connectivity index (χ4n) is 1.15. The lowest BCUT2D eigenvalue weighted by Crippen LogP contribution is -2.42. The second kappa shape index (κ2) is 5.82. The van der Waals surface area contributed by atoms with Crippen molar-refractivity contribution in [2.45, 2.75) is 58.7 Å². The summed E-state index contributed by atoms with van der Waals surface area (Å²) in [6.07, 6.45) is 1.59. The third kappa shape index (κ3) is 4.66. The van der Waals surface area contributed by atoms with Crippen LogP contribution in [0.3, 0.4) is 0 Å². The van der Waals surface area contributed by atoms with E-state index in [4.69, 9.17) is 9.53 Å². The second-order valence-corrected chi connectivity index (χ2v) is 10.7. The van der Waals surface area contributed by atoms with E-state index in [0.29, 0.717) is 13.0 Å². The normalized spacial score (nSPS) is 14.9. The summed E-state index contributed by atoms with van der Waals surface area (Å²) in [5.74, 6) is -1.08. The van der Waals surface area contributed by atoms with Gasteiger partial charge < -0.3 is 9.53 Å². The lowest BCUT2D eigenvalue weighted by atomic mass is 10.1. The lowest BCUT2D eigenvalue weighted by molar-refractivity contribution is -0.143. The van der Waals surface area contributed by atoms with Crippen LogP contribution in [0.1, 0.15) is 40.5 Å². The van der Waals surface area contributed by atoms with E-state index < -0.39 is 14.3 Å². The third-order valence-corrected chi connectivity index (χ3v) is 7.94. The first-order valence-corrected chi connectivity index (χ1v) is 8.89. The average Bonchev–Trinajstić information content (AvgIpc) is 2.09. The number of aliphatic carboxylic acids is 1. The summed E-state index contributed by atoms with van der Waals surface area (Å²) in [6, 6.07) is 0. The fourth-order valence-corrected chi connectivity index (χ4v) is 2.20. The minimum Gasteiger partial charge on any atom is -0.481 e. The van der Waals surface area contributed by atoms with Gasteiger partial charge in [-0.15, -0.1) is 0 Å². The van der Waals surface area contributed by atoms with Crippen LogP contribution in [0.2, 0.25) is 18.1 Å². The fraction of sp³-hybridized carbons (Fsp3) is 0.917. The molecule has 0 amide bonds. The van der Waals surface area contributed by atoms with E-state index in [1.165, 1.54) is 0 Å². The highest BCUT2D eigenvalue weighted by Gasteiger charge is 2.38. The van der Waals surface area contributed by atoms with Crippen LogP contribution in [0.4, 0.5) is 0 Å². The molecule has 0 fully saturated rings. The van der Waals surface area contributed by atoms with E-state index in [1.54, 1.807) is 0 Å². The van der Waals surface area contributed by atoms with Crippen LogP contribution in [0, 0.1) is 5.92 Å². The molecular weight excluding hydrogens is 220 g/mol. The molecule has 16 heavy (non-hydrogen) atoms. The zero-order chi connectivity index (χ0) is 13.0. The largest absolute Gasteiger partial charge is 0.481 e. The summed E-state index contributed by atoms with van der Waals surface area (Å²) < 4.78 is 5.93. The molecule has 0 aromatic rings.